The van der Waals surface area contributed by atoms with E-state index >= 15 is 0 Å². The Morgan fingerprint density at radius 2 is 1.57 bits per heavy atom. The lowest BCUT2D eigenvalue weighted by Crippen LogP contribution is -2.24. The van der Waals surface area contributed by atoms with Gasteiger partial charge in [0.25, 0.3) is 0 Å². The summed E-state index contributed by atoms with van der Waals surface area (Å²) in [6, 6.07) is 13.1. The van der Waals surface area contributed by atoms with E-state index in [-0.39, 0.29) is 6.04 Å². The number of ether oxygens (including phenoxy) is 1. The van der Waals surface area contributed by atoms with Crippen LogP contribution in [-0.4, -0.2) is 13.7 Å². The first kappa shape index (κ1) is 15.6. The standard InChI is InChI=1S/C19H25NO/c1-13-7-9-17(16(4)10-13)18(20-5)12-21-19-11-14(2)6-8-15(19)3/h6-11,18,20H,12H2,1-5H3. The van der Waals surface area contributed by atoms with E-state index in [9.17, 15) is 0 Å². The van der Waals surface area contributed by atoms with E-state index < -0.39 is 0 Å². The fourth-order valence-corrected chi connectivity index (χ4v) is 2.58. The smallest absolute Gasteiger partial charge is 0.122 e. The Morgan fingerprint density at radius 3 is 2.24 bits per heavy atom. The van der Waals surface area contributed by atoms with Crippen LogP contribution in [0.5, 0.6) is 5.75 Å². The van der Waals surface area contributed by atoms with Gasteiger partial charge in [0.15, 0.2) is 0 Å². The number of likely N-dealkylation sites (N-methyl/N-ethyl adjacent to an activating group) is 1. The Hall–Kier alpha value is -1.80. The average Bonchev–Trinajstić information content (AvgIpc) is 2.44. The lowest BCUT2D eigenvalue weighted by atomic mass is 10.00. The second-order valence-corrected chi connectivity index (χ2v) is 5.78. The predicted octanol–water partition coefficient (Wildman–Crippen LogP) is 4.26. The molecule has 0 radical (unpaired) electrons. The van der Waals surface area contributed by atoms with Crippen LogP contribution in [0.3, 0.4) is 0 Å². The van der Waals surface area contributed by atoms with Crippen LogP contribution in [0, 0.1) is 27.7 Å². The molecule has 0 saturated heterocycles. The van der Waals surface area contributed by atoms with Crippen LogP contribution >= 0.6 is 0 Å². The Bertz CT molecular complexity index is 619. The maximum atomic E-state index is 6.05. The summed E-state index contributed by atoms with van der Waals surface area (Å²) in [6.45, 7) is 9.08. The molecule has 0 aromatic heterocycles. The highest BCUT2D eigenvalue weighted by molar-refractivity contribution is 5.37. The molecule has 1 unspecified atom stereocenters. The lowest BCUT2D eigenvalue weighted by molar-refractivity contribution is 0.271. The van der Waals surface area contributed by atoms with Gasteiger partial charge >= 0.3 is 0 Å². The van der Waals surface area contributed by atoms with Crippen molar-refractivity contribution in [3.05, 3.63) is 64.2 Å². The molecule has 0 bridgehead atoms. The van der Waals surface area contributed by atoms with Crippen molar-refractivity contribution in [3.63, 3.8) is 0 Å². The minimum Gasteiger partial charge on any atom is -0.491 e. The van der Waals surface area contributed by atoms with Crippen LogP contribution in [-0.2, 0) is 0 Å². The molecule has 0 spiro atoms. The fourth-order valence-electron chi connectivity index (χ4n) is 2.58. The van der Waals surface area contributed by atoms with Gasteiger partial charge in [0.2, 0.25) is 0 Å². The van der Waals surface area contributed by atoms with Gasteiger partial charge in [0, 0.05) is 0 Å². The Kier molecular flexibility index (Phi) is 5.03. The summed E-state index contributed by atoms with van der Waals surface area (Å²) < 4.78 is 6.05. The maximum Gasteiger partial charge on any atom is 0.122 e. The molecule has 1 atom stereocenters. The molecule has 2 aromatic carbocycles. The van der Waals surface area contributed by atoms with Crippen LogP contribution in [0.1, 0.15) is 33.9 Å². The minimum absolute atomic E-state index is 0.200. The first-order valence-electron chi connectivity index (χ1n) is 7.45. The Balaban J connectivity index is 2.14. The molecule has 0 heterocycles. The molecular weight excluding hydrogens is 258 g/mol. The number of benzene rings is 2. The van der Waals surface area contributed by atoms with Gasteiger partial charge < -0.3 is 10.1 Å². The van der Waals surface area contributed by atoms with Crippen LogP contribution in [0.2, 0.25) is 0 Å². The third-order valence-electron chi connectivity index (χ3n) is 3.90. The largest absolute Gasteiger partial charge is 0.491 e. The van der Waals surface area contributed by atoms with E-state index in [2.05, 4.69) is 69.4 Å². The normalized spacial score (nSPS) is 12.2. The first-order valence-corrected chi connectivity index (χ1v) is 7.45. The summed E-state index contributed by atoms with van der Waals surface area (Å²) >= 11 is 0. The van der Waals surface area contributed by atoms with Crippen molar-refractivity contribution in [2.45, 2.75) is 33.7 Å². The molecule has 2 nitrogen and oxygen atoms in total. The number of hydrogen-bond acceptors (Lipinski definition) is 2. The zero-order valence-electron chi connectivity index (χ0n) is 13.7. The molecule has 21 heavy (non-hydrogen) atoms. The third kappa shape index (κ3) is 3.85. The summed E-state index contributed by atoms with van der Waals surface area (Å²) in [5, 5.41) is 3.36. The summed E-state index contributed by atoms with van der Waals surface area (Å²) in [6.07, 6.45) is 0. The van der Waals surface area contributed by atoms with Gasteiger partial charge in [-0.25, -0.2) is 0 Å². The van der Waals surface area contributed by atoms with Gasteiger partial charge in [-0.05, 0) is 63.1 Å². The van der Waals surface area contributed by atoms with Crippen LogP contribution < -0.4 is 10.1 Å². The average molecular weight is 283 g/mol. The molecule has 0 amide bonds. The van der Waals surface area contributed by atoms with Gasteiger partial charge in [-0.2, -0.15) is 0 Å². The topological polar surface area (TPSA) is 21.3 Å². The molecule has 0 fully saturated rings. The quantitative estimate of drug-likeness (QED) is 0.885. The number of nitrogens with one attached hydrogen (secondary N) is 1. The zero-order chi connectivity index (χ0) is 15.4. The number of hydrogen-bond donors (Lipinski definition) is 1. The second-order valence-electron chi connectivity index (χ2n) is 5.78. The van der Waals surface area contributed by atoms with E-state index in [1.54, 1.807) is 0 Å². The molecule has 0 saturated carbocycles. The van der Waals surface area contributed by atoms with Gasteiger partial charge in [-0.3, -0.25) is 0 Å². The Morgan fingerprint density at radius 1 is 0.905 bits per heavy atom. The summed E-state index contributed by atoms with van der Waals surface area (Å²) in [5.74, 6) is 0.972. The van der Waals surface area contributed by atoms with Gasteiger partial charge in [0.05, 0.1) is 6.04 Å². The van der Waals surface area contributed by atoms with Crippen LogP contribution in [0.25, 0.3) is 0 Å². The Labute approximate surface area is 128 Å². The van der Waals surface area contributed by atoms with E-state index in [4.69, 9.17) is 4.74 Å². The molecule has 0 aliphatic carbocycles. The molecular formula is C19H25NO. The first-order chi connectivity index (χ1) is 10.0. The molecule has 2 rings (SSSR count). The minimum atomic E-state index is 0.200. The summed E-state index contributed by atoms with van der Waals surface area (Å²) in [5.41, 5.74) is 6.30. The molecule has 112 valence electrons. The van der Waals surface area contributed by atoms with Crippen LogP contribution in [0.15, 0.2) is 36.4 Å². The van der Waals surface area contributed by atoms with Gasteiger partial charge in [-0.15, -0.1) is 0 Å². The van der Waals surface area contributed by atoms with Crippen molar-refractivity contribution in [2.75, 3.05) is 13.7 Å². The van der Waals surface area contributed by atoms with Gasteiger partial charge in [-0.1, -0.05) is 35.9 Å². The third-order valence-corrected chi connectivity index (χ3v) is 3.90. The van der Waals surface area contributed by atoms with Crippen molar-refractivity contribution in [1.29, 1.82) is 0 Å². The number of rotatable bonds is 5. The van der Waals surface area contributed by atoms with E-state index in [1.807, 2.05) is 7.05 Å². The van der Waals surface area contributed by atoms with Crippen molar-refractivity contribution >= 4 is 0 Å². The van der Waals surface area contributed by atoms with Crippen LogP contribution in [0.4, 0.5) is 0 Å². The van der Waals surface area contributed by atoms with Gasteiger partial charge in [0.1, 0.15) is 12.4 Å². The molecule has 1 N–H and O–H groups in total. The highest BCUT2D eigenvalue weighted by Crippen LogP contribution is 2.23. The lowest BCUT2D eigenvalue weighted by Gasteiger charge is -2.20. The van der Waals surface area contributed by atoms with Crippen molar-refractivity contribution in [1.82, 2.24) is 5.32 Å². The van der Waals surface area contributed by atoms with E-state index in [1.165, 1.54) is 27.8 Å². The molecule has 2 aromatic rings. The highest BCUT2D eigenvalue weighted by Gasteiger charge is 2.13. The summed E-state index contributed by atoms with van der Waals surface area (Å²) in [4.78, 5) is 0. The van der Waals surface area contributed by atoms with E-state index in [0.29, 0.717) is 6.61 Å². The fraction of sp³-hybridized carbons (Fsp3) is 0.368. The summed E-state index contributed by atoms with van der Waals surface area (Å²) in [7, 11) is 1.98. The molecule has 0 aliphatic heterocycles. The van der Waals surface area contributed by atoms with Crippen molar-refractivity contribution in [2.24, 2.45) is 0 Å². The second kappa shape index (κ2) is 6.77. The highest BCUT2D eigenvalue weighted by atomic mass is 16.5. The zero-order valence-corrected chi connectivity index (χ0v) is 13.7. The predicted molar refractivity (Wildman–Crippen MR) is 89.1 cm³/mol. The molecule has 2 heteroatoms. The SMILES string of the molecule is CNC(COc1cc(C)ccc1C)c1ccc(C)cc1C. The van der Waals surface area contributed by atoms with E-state index in [0.717, 1.165) is 5.75 Å². The number of aryl methyl sites for hydroxylation is 4. The van der Waals surface area contributed by atoms with Crippen molar-refractivity contribution in [3.8, 4) is 5.75 Å². The van der Waals surface area contributed by atoms with Crippen molar-refractivity contribution < 1.29 is 4.74 Å². The molecule has 0 aliphatic rings. The maximum absolute atomic E-state index is 6.05. The monoisotopic (exact) mass is 283 g/mol.